The number of hydrogen-bond acceptors (Lipinski definition) is 6. The zero-order chi connectivity index (χ0) is 17.3. The molecule has 0 bridgehead atoms. The second kappa shape index (κ2) is 9.33. The highest BCUT2D eigenvalue weighted by Crippen LogP contribution is 2.35. The molecule has 0 aromatic rings. The SMILES string of the molecule is N=C(N)NCCC[C@H](NC(=O)[C@@H](N)COP(=O)(O)O)C(=O)O. The molecule has 12 nitrogen and oxygen atoms in total. The molecule has 0 unspecified atom stereocenters. The summed E-state index contributed by atoms with van der Waals surface area (Å²) in [5.74, 6) is -2.47. The van der Waals surface area contributed by atoms with Gasteiger partial charge in [0.1, 0.15) is 12.1 Å². The summed E-state index contributed by atoms with van der Waals surface area (Å²) < 4.78 is 14.5. The minimum Gasteiger partial charge on any atom is -0.480 e. The number of nitrogens with one attached hydrogen (secondary N) is 3. The number of carboxylic acids is 1. The molecule has 0 radical (unpaired) electrons. The molecular formula is C9H20N5O7P. The average molecular weight is 341 g/mol. The molecule has 0 heterocycles. The van der Waals surface area contributed by atoms with Crippen LogP contribution >= 0.6 is 7.82 Å². The van der Waals surface area contributed by atoms with Crippen LogP contribution in [0.3, 0.4) is 0 Å². The molecule has 10 N–H and O–H groups in total. The summed E-state index contributed by atoms with van der Waals surface area (Å²) in [6, 6.07) is -2.66. The van der Waals surface area contributed by atoms with Crippen LogP contribution in [0.15, 0.2) is 0 Å². The number of nitrogens with two attached hydrogens (primary N) is 2. The summed E-state index contributed by atoms with van der Waals surface area (Å²) in [6.45, 7) is -0.503. The average Bonchev–Trinajstić information content (AvgIpc) is 2.37. The Balaban J connectivity index is 4.30. The Kier molecular flexibility index (Phi) is 8.60. The van der Waals surface area contributed by atoms with Crippen LogP contribution in [-0.2, 0) is 18.7 Å². The third kappa shape index (κ3) is 10.1. The van der Waals surface area contributed by atoms with Gasteiger partial charge in [0.05, 0.1) is 6.61 Å². The molecule has 128 valence electrons. The highest BCUT2D eigenvalue weighted by molar-refractivity contribution is 7.46. The van der Waals surface area contributed by atoms with Crippen LogP contribution in [0.2, 0.25) is 0 Å². The van der Waals surface area contributed by atoms with Crippen molar-refractivity contribution in [3.8, 4) is 0 Å². The number of amides is 1. The van der Waals surface area contributed by atoms with E-state index in [1.165, 1.54) is 0 Å². The summed E-state index contributed by atoms with van der Waals surface area (Å²) in [6.07, 6.45) is 0.360. The maximum atomic E-state index is 11.6. The van der Waals surface area contributed by atoms with E-state index in [4.69, 9.17) is 31.8 Å². The van der Waals surface area contributed by atoms with E-state index in [1.54, 1.807) is 0 Å². The second-order valence-electron chi connectivity index (χ2n) is 4.27. The molecule has 2 atom stereocenters. The normalized spacial score (nSPS) is 14.0. The maximum absolute atomic E-state index is 11.6. The molecule has 0 aliphatic rings. The van der Waals surface area contributed by atoms with Crippen molar-refractivity contribution in [1.29, 1.82) is 5.41 Å². The fourth-order valence-electron chi connectivity index (χ4n) is 1.32. The number of phosphoric acid groups is 1. The lowest BCUT2D eigenvalue weighted by Gasteiger charge is -2.18. The highest BCUT2D eigenvalue weighted by Gasteiger charge is 2.25. The topological polar surface area (TPSA) is 221 Å². The zero-order valence-corrected chi connectivity index (χ0v) is 12.5. The van der Waals surface area contributed by atoms with Crippen LogP contribution in [0.5, 0.6) is 0 Å². The van der Waals surface area contributed by atoms with Crippen LogP contribution in [-0.4, -0.2) is 58.0 Å². The van der Waals surface area contributed by atoms with E-state index < -0.39 is 38.4 Å². The Hall–Kier alpha value is -1.72. The molecular weight excluding hydrogens is 321 g/mol. The van der Waals surface area contributed by atoms with Crippen molar-refractivity contribution in [3.05, 3.63) is 0 Å². The standard InChI is InChI=1S/C9H20N5O7P/c10-5(4-21-22(18,19)20)7(15)14-6(8(16)17)2-1-3-13-9(11)12/h5-6H,1-4,10H2,(H,14,15)(H,16,17)(H4,11,12,13)(H2,18,19,20)/t5-,6-/m0/s1. The monoisotopic (exact) mass is 341 g/mol. The predicted molar refractivity (Wildman–Crippen MR) is 74.7 cm³/mol. The van der Waals surface area contributed by atoms with Gasteiger partial charge in [-0.05, 0) is 12.8 Å². The van der Waals surface area contributed by atoms with Gasteiger partial charge in [-0.3, -0.25) is 14.7 Å². The van der Waals surface area contributed by atoms with Crippen molar-refractivity contribution < 1.29 is 33.6 Å². The summed E-state index contributed by atoms with van der Waals surface area (Å²) >= 11 is 0. The first-order valence-electron chi connectivity index (χ1n) is 6.09. The number of guanidine groups is 1. The van der Waals surface area contributed by atoms with E-state index >= 15 is 0 Å². The molecule has 0 saturated heterocycles. The van der Waals surface area contributed by atoms with Crippen molar-refractivity contribution in [2.75, 3.05) is 13.2 Å². The summed E-state index contributed by atoms with van der Waals surface area (Å²) in [5, 5.41) is 20.5. The fraction of sp³-hybridized carbons (Fsp3) is 0.667. The van der Waals surface area contributed by atoms with Gasteiger partial charge in [-0.2, -0.15) is 0 Å². The van der Waals surface area contributed by atoms with Crippen molar-refractivity contribution in [2.45, 2.75) is 24.9 Å². The van der Waals surface area contributed by atoms with Gasteiger partial charge >= 0.3 is 13.8 Å². The van der Waals surface area contributed by atoms with E-state index in [1.807, 2.05) is 0 Å². The van der Waals surface area contributed by atoms with Gasteiger partial charge in [0.15, 0.2) is 5.96 Å². The van der Waals surface area contributed by atoms with Crippen molar-refractivity contribution in [1.82, 2.24) is 10.6 Å². The molecule has 0 aliphatic heterocycles. The number of carbonyl (C=O) groups is 2. The minimum absolute atomic E-state index is 0.0490. The Morgan fingerprint density at radius 2 is 1.95 bits per heavy atom. The molecule has 1 amide bonds. The number of carboxylic acid groups (broad SMARTS) is 1. The Morgan fingerprint density at radius 1 is 1.36 bits per heavy atom. The first kappa shape index (κ1) is 20.3. The van der Waals surface area contributed by atoms with Gasteiger partial charge in [-0.25, -0.2) is 9.36 Å². The summed E-state index contributed by atoms with van der Waals surface area (Å²) in [7, 11) is -4.76. The van der Waals surface area contributed by atoms with Crippen LogP contribution in [0.4, 0.5) is 0 Å². The quantitative estimate of drug-likeness (QED) is 0.0885. The van der Waals surface area contributed by atoms with Gasteiger partial charge < -0.3 is 37.0 Å². The third-order valence-corrected chi connectivity index (χ3v) is 2.84. The molecule has 0 saturated carbocycles. The van der Waals surface area contributed by atoms with Gasteiger partial charge in [-0.1, -0.05) is 0 Å². The molecule has 13 heteroatoms. The number of aliphatic carboxylic acids is 1. The van der Waals surface area contributed by atoms with Gasteiger partial charge in [0.25, 0.3) is 0 Å². The van der Waals surface area contributed by atoms with Crippen LogP contribution in [0, 0.1) is 5.41 Å². The van der Waals surface area contributed by atoms with E-state index in [0.717, 1.165) is 0 Å². The van der Waals surface area contributed by atoms with Crippen LogP contribution < -0.4 is 22.1 Å². The molecule has 0 aromatic carbocycles. The van der Waals surface area contributed by atoms with Gasteiger partial charge in [0, 0.05) is 6.54 Å². The van der Waals surface area contributed by atoms with E-state index in [-0.39, 0.29) is 18.9 Å². The first-order chi connectivity index (χ1) is 10.0. The second-order valence-corrected chi connectivity index (χ2v) is 5.51. The first-order valence-corrected chi connectivity index (χ1v) is 7.62. The van der Waals surface area contributed by atoms with Crippen molar-refractivity contribution in [3.63, 3.8) is 0 Å². The van der Waals surface area contributed by atoms with E-state index in [2.05, 4.69) is 15.2 Å². The Labute approximate surface area is 125 Å². The van der Waals surface area contributed by atoms with E-state index in [0.29, 0.717) is 6.42 Å². The number of carbonyl (C=O) groups excluding carboxylic acids is 1. The highest BCUT2D eigenvalue weighted by atomic mass is 31.2. The third-order valence-electron chi connectivity index (χ3n) is 2.36. The minimum atomic E-state index is -4.76. The largest absolute Gasteiger partial charge is 0.480 e. The molecule has 0 aromatic heterocycles. The Morgan fingerprint density at radius 3 is 2.41 bits per heavy atom. The van der Waals surface area contributed by atoms with E-state index in [9.17, 15) is 14.2 Å². The van der Waals surface area contributed by atoms with Gasteiger partial charge in [0.2, 0.25) is 5.91 Å². The summed E-state index contributed by atoms with van der Waals surface area (Å²) in [5.41, 5.74) is 10.4. The van der Waals surface area contributed by atoms with Crippen molar-refractivity contribution >= 4 is 25.7 Å². The zero-order valence-electron chi connectivity index (χ0n) is 11.6. The van der Waals surface area contributed by atoms with Gasteiger partial charge in [-0.15, -0.1) is 0 Å². The lowest BCUT2D eigenvalue weighted by Crippen LogP contribution is -2.50. The fourth-order valence-corrected chi connectivity index (χ4v) is 1.67. The Bertz CT molecular complexity index is 454. The molecule has 0 fully saturated rings. The lowest BCUT2D eigenvalue weighted by molar-refractivity contribution is -0.142. The molecule has 22 heavy (non-hydrogen) atoms. The number of phosphoric ester groups is 1. The molecule has 0 rings (SSSR count). The summed E-state index contributed by atoms with van der Waals surface area (Å²) in [4.78, 5) is 39.6. The number of hydrogen-bond donors (Lipinski definition) is 8. The van der Waals surface area contributed by atoms with Crippen molar-refractivity contribution in [2.24, 2.45) is 11.5 Å². The smallest absolute Gasteiger partial charge is 0.469 e. The predicted octanol–water partition coefficient (Wildman–Crippen LogP) is -2.74. The molecule has 0 spiro atoms. The van der Waals surface area contributed by atoms with Crippen LogP contribution in [0.1, 0.15) is 12.8 Å². The lowest BCUT2D eigenvalue weighted by atomic mass is 10.1. The molecule has 0 aliphatic carbocycles. The van der Waals surface area contributed by atoms with Crippen LogP contribution in [0.25, 0.3) is 0 Å². The number of rotatable bonds is 10. The maximum Gasteiger partial charge on any atom is 0.469 e.